The van der Waals surface area contributed by atoms with Gasteiger partial charge in [0.1, 0.15) is 6.04 Å². The number of likely N-dealkylation sites (tertiary alicyclic amines) is 1. The van der Waals surface area contributed by atoms with Crippen molar-refractivity contribution in [2.45, 2.75) is 51.1 Å². The summed E-state index contributed by atoms with van der Waals surface area (Å²) >= 11 is 0. The van der Waals surface area contributed by atoms with Crippen molar-refractivity contribution in [3.63, 3.8) is 0 Å². The molecule has 1 saturated heterocycles. The molecule has 3 heterocycles. The highest BCUT2D eigenvalue weighted by Gasteiger charge is 2.50. The first-order chi connectivity index (χ1) is 10.7. The zero-order valence-electron chi connectivity index (χ0n) is 12.6. The molecule has 22 heavy (non-hydrogen) atoms. The first-order valence-electron chi connectivity index (χ1n) is 8.25. The summed E-state index contributed by atoms with van der Waals surface area (Å²) in [7, 11) is 0. The average Bonchev–Trinajstić information content (AvgIpc) is 3.19. The zero-order chi connectivity index (χ0) is 15.3. The van der Waals surface area contributed by atoms with E-state index in [0.29, 0.717) is 18.0 Å². The van der Waals surface area contributed by atoms with Crippen LogP contribution < -0.4 is 0 Å². The van der Waals surface area contributed by atoms with Crippen LogP contribution in [0.15, 0.2) is 6.20 Å². The van der Waals surface area contributed by atoms with E-state index < -0.39 is 12.0 Å². The molecule has 3 atom stereocenters. The molecular formula is C16H21N3O3. The molecule has 1 aliphatic carbocycles. The number of hydrogen-bond donors (Lipinski definition) is 1. The molecule has 1 aromatic heterocycles. The molecule has 1 saturated carbocycles. The topological polar surface area (TPSA) is 75.4 Å². The number of aromatic nitrogens is 2. The minimum Gasteiger partial charge on any atom is -0.480 e. The fourth-order valence-corrected chi connectivity index (χ4v) is 4.59. The van der Waals surface area contributed by atoms with Crippen LogP contribution in [0.4, 0.5) is 0 Å². The van der Waals surface area contributed by atoms with E-state index in [2.05, 4.69) is 5.10 Å². The highest BCUT2D eigenvalue weighted by Crippen LogP contribution is 2.43. The summed E-state index contributed by atoms with van der Waals surface area (Å²) in [6.07, 6.45) is 7.72. The molecule has 0 aromatic carbocycles. The molecule has 3 unspecified atom stereocenters. The maximum Gasteiger partial charge on any atom is 0.326 e. The summed E-state index contributed by atoms with van der Waals surface area (Å²) in [6.45, 7) is 1.45. The number of carbonyl (C=O) groups excluding carboxylic acids is 1. The van der Waals surface area contributed by atoms with Crippen LogP contribution in [-0.4, -0.2) is 44.3 Å². The normalized spacial score (nSPS) is 30.2. The van der Waals surface area contributed by atoms with Gasteiger partial charge in [-0.3, -0.25) is 9.48 Å². The molecule has 6 nitrogen and oxygen atoms in total. The summed E-state index contributed by atoms with van der Waals surface area (Å²) in [4.78, 5) is 26.2. The van der Waals surface area contributed by atoms with Gasteiger partial charge in [-0.2, -0.15) is 5.10 Å². The molecule has 2 aliphatic heterocycles. The number of aliphatic carboxylic acids is 1. The predicted octanol–water partition coefficient (Wildman–Crippen LogP) is 1.54. The van der Waals surface area contributed by atoms with Crippen LogP contribution in [0.2, 0.25) is 0 Å². The number of nitrogens with zero attached hydrogens (tertiary/aromatic N) is 3. The van der Waals surface area contributed by atoms with E-state index in [1.54, 1.807) is 11.1 Å². The lowest BCUT2D eigenvalue weighted by molar-refractivity contribution is -0.142. The van der Waals surface area contributed by atoms with Crippen molar-refractivity contribution in [3.05, 3.63) is 17.5 Å². The van der Waals surface area contributed by atoms with Crippen molar-refractivity contribution in [1.82, 2.24) is 14.7 Å². The van der Waals surface area contributed by atoms with Gasteiger partial charge in [-0.05, 0) is 43.9 Å². The van der Waals surface area contributed by atoms with Gasteiger partial charge in [-0.15, -0.1) is 0 Å². The van der Waals surface area contributed by atoms with Crippen molar-refractivity contribution >= 4 is 11.9 Å². The lowest BCUT2D eigenvalue weighted by Gasteiger charge is -2.25. The van der Waals surface area contributed by atoms with E-state index in [4.69, 9.17) is 0 Å². The van der Waals surface area contributed by atoms with Crippen molar-refractivity contribution in [3.8, 4) is 0 Å². The van der Waals surface area contributed by atoms with Crippen LogP contribution in [-0.2, 0) is 17.8 Å². The van der Waals surface area contributed by atoms with Gasteiger partial charge in [-0.1, -0.05) is 6.42 Å². The molecule has 3 aliphatic rings. The highest BCUT2D eigenvalue weighted by atomic mass is 16.4. The Bertz CT molecular complexity index is 624. The molecule has 2 fully saturated rings. The van der Waals surface area contributed by atoms with Gasteiger partial charge >= 0.3 is 5.97 Å². The quantitative estimate of drug-likeness (QED) is 0.899. The maximum atomic E-state index is 12.9. The second-order valence-electron chi connectivity index (χ2n) is 6.78. The van der Waals surface area contributed by atoms with Crippen LogP contribution in [0, 0.1) is 11.8 Å². The summed E-state index contributed by atoms with van der Waals surface area (Å²) in [5.74, 6) is -0.502. The lowest BCUT2D eigenvalue weighted by Crippen LogP contribution is -2.43. The molecule has 0 spiro atoms. The number of carbonyl (C=O) groups is 2. The summed E-state index contributed by atoms with van der Waals surface area (Å²) in [6, 6.07) is -0.654. The number of hydrogen-bond acceptors (Lipinski definition) is 3. The molecule has 1 amide bonds. The summed E-state index contributed by atoms with van der Waals surface area (Å²) in [5.41, 5.74) is 1.60. The molecule has 1 aromatic rings. The Morgan fingerprint density at radius 1 is 1.23 bits per heavy atom. The minimum absolute atomic E-state index is 0.132. The molecular weight excluding hydrogens is 282 g/mol. The van der Waals surface area contributed by atoms with Crippen molar-refractivity contribution in [2.75, 3.05) is 6.54 Å². The van der Waals surface area contributed by atoms with E-state index in [9.17, 15) is 14.7 Å². The zero-order valence-corrected chi connectivity index (χ0v) is 12.6. The minimum atomic E-state index is -0.858. The van der Waals surface area contributed by atoms with Crippen LogP contribution >= 0.6 is 0 Å². The molecule has 0 bridgehead atoms. The molecule has 6 heteroatoms. The van der Waals surface area contributed by atoms with Gasteiger partial charge in [0.2, 0.25) is 0 Å². The van der Waals surface area contributed by atoms with Gasteiger partial charge in [0.05, 0.1) is 17.5 Å². The Labute approximate surface area is 129 Å². The second-order valence-corrected chi connectivity index (χ2v) is 6.78. The molecule has 1 N–H and O–H groups in total. The third-order valence-electron chi connectivity index (χ3n) is 5.62. The second kappa shape index (κ2) is 5.11. The van der Waals surface area contributed by atoms with E-state index >= 15 is 0 Å². The van der Waals surface area contributed by atoms with Crippen molar-refractivity contribution < 1.29 is 14.7 Å². The Morgan fingerprint density at radius 2 is 2.09 bits per heavy atom. The SMILES string of the molecule is O=C(O)C1C2CCCC2CN1C(=O)c1cnn2c1CCCC2. The van der Waals surface area contributed by atoms with Gasteiger partial charge in [0.25, 0.3) is 5.91 Å². The average molecular weight is 303 g/mol. The van der Waals surface area contributed by atoms with Gasteiger partial charge in [0, 0.05) is 13.1 Å². The third kappa shape index (κ3) is 1.96. The number of amides is 1. The molecule has 118 valence electrons. The summed E-state index contributed by atoms with van der Waals surface area (Å²) in [5, 5.41) is 13.9. The summed E-state index contributed by atoms with van der Waals surface area (Å²) < 4.78 is 1.91. The first-order valence-corrected chi connectivity index (χ1v) is 8.25. The Morgan fingerprint density at radius 3 is 2.91 bits per heavy atom. The Hall–Kier alpha value is -1.85. The number of fused-ring (bicyclic) bond motifs is 2. The monoisotopic (exact) mass is 303 g/mol. The number of carboxylic acid groups (broad SMARTS) is 1. The molecule has 0 radical (unpaired) electrons. The van der Waals surface area contributed by atoms with Crippen LogP contribution in [0.25, 0.3) is 0 Å². The molecule has 4 rings (SSSR count). The van der Waals surface area contributed by atoms with Gasteiger partial charge in [0.15, 0.2) is 0 Å². The number of carboxylic acids is 1. The number of aryl methyl sites for hydroxylation is 1. The van der Waals surface area contributed by atoms with E-state index in [1.807, 2.05) is 4.68 Å². The van der Waals surface area contributed by atoms with Crippen molar-refractivity contribution in [1.29, 1.82) is 0 Å². The number of rotatable bonds is 2. The van der Waals surface area contributed by atoms with Crippen LogP contribution in [0.1, 0.15) is 48.2 Å². The van der Waals surface area contributed by atoms with E-state index in [-0.39, 0.29) is 11.8 Å². The largest absolute Gasteiger partial charge is 0.480 e. The van der Waals surface area contributed by atoms with Crippen LogP contribution in [0.3, 0.4) is 0 Å². The predicted molar refractivity (Wildman–Crippen MR) is 78.5 cm³/mol. The van der Waals surface area contributed by atoms with Gasteiger partial charge in [-0.25, -0.2) is 4.79 Å². The maximum absolute atomic E-state index is 12.9. The standard InChI is InChI=1S/C16H21N3O3/c20-15(12-8-17-19-7-2-1-6-13(12)19)18-9-10-4-3-5-11(10)14(18)16(21)22/h8,10-11,14H,1-7,9H2,(H,21,22). The van der Waals surface area contributed by atoms with Crippen LogP contribution in [0.5, 0.6) is 0 Å². The highest BCUT2D eigenvalue weighted by molar-refractivity contribution is 5.98. The first kappa shape index (κ1) is 13.8. The lowest BCUT2D eigenvalue weighted by atomic mass is 9.94. The smallest absolute Gasteiger partial charge is 0.326 e. The van der Waals surface area contributed by atoms with Gasteiger partial charge < -0.3 is 10.0 Å². The third-order valence-corrected chi connectivity index (χ3v) is 5.62. The van der Waals surface area contributed by atoms with Crippen molar-refractivity contribution in [2.24, 2.45) is 11.8 Å². The van der Waals surface area contributed by atoms with E-state index in [0.717, 1.165) is 50.8 Å². The fourth-order valence-electron chi connectivity index (χ4n) is 4.59. The Balaban J connectivity index is 1.65. The Kier molecular flexibility index (Phi) is 3.20. The fraction of sp³-hybridized carbons (Fsp3) is 0.688. The van der Waals surface area contributed by atoms with E-state index in [1.165, 1.54) is 0 Å².